The van der Waals surface area contributed by atoms with Gasteiger partial charge in [-0.3, -0.25) is 14.5 Å². The number of carbonyl (C=O) groups is 1. The van der Waals surface area contributed by atoms with Gasteiger partial charge >= 0.3 is 0 Å². The van der Waals surface area contributed by atoms with Gasteiger partial charge in [0.25, 0.3) is 5.91 Å². The average molecular weight is 349 g/mol. The molecule has 0 aliphatic heterocycles. The Labute approximate surface area is 153 Å². The molecule has 0 aliphatic carbocycles. The van der Waals surface area contributed by atoms with Gasteiger partial charge in [0.1, 0.15) is 0 Å². The molecule has 0 fully saturated rings. The summed E-state index contributed by atoms with van der Waals surface area (Å²) >= 11 is 0. The lowest BCUT2D eigenvalue weighted by Gasteiger charge is -2.15. The lowest BCUT2D eigenvalue weighted by molar-refractivity contribution is 0.0940. The molecule has 1 amide bonds. The Hall–Kier alpha value is -3.15. The smallest absolute Gasteiger partial charge is 0.251 e. The number of aromatic nitrogens is 3. The Kier molecular flexibility index (Phi) is 5.02. The number of aryl methyl sites for hydroxylation is 2. The van der Waals surface area contributed by atoms with Gasteiger partial charge in [0, 0.05) is 47.6 Å². The number of carbonyl (C=O) groups excluding carboxylic acids is 1. The van der Waals surface area contributed by atoms with Gasteiger partial charge in [0.2, 0.25) is 0 Å². The molecular formula is C20H23N5O. The topological polar surface area (TPSA) is 71.8 Å². The molecule has 0 saturated heterocycles. The van der Waals surface area contributed by atoms with Gasteiger partial charge in [-0.05, 0) is 51.1 Å². The van der Waals surface area contributed by atoms with Crippen molar-refractivity contribution in [3.63, 3.8) is 0 Å². The van der Waals surface area contributed by atoms with E-state index in [1.807, 2.05) is 68.9 Å². The van der Waals surface area contributed by atoms with E-state index in [4.69, 9.17) is 0 Å². The minimum absolute atomic E-state index is 0.112. The summed E-state index contributed by atoms with van der Waals surface area (Å²) in [4.78, 5) is 16.7. The molecule has 1 aromatic carbocycles. The molecule has 2 aromatic heterocycles. The van der Waals surface area contributed by atoms with E-state index in [0.717, 1.165) is 28.3 Å². The Morgan fingerprint density at radius 2 is 1.85 bits per heavy atom. The normalized spacial score (nSPS) is 11.8. The van der Waals surface area contributed by atoms with Crippen LogP contribution in [0.3, 0.4) is 0 Å². The molecule has 6 heteroatoms. The van der Waals surface area contributed by atoms with Crippen LogP contribution in [0.5, 0.6) is 0 Å². The second-order valence-corrected chi connectivity index (χ2v) is 6.34. The molecule has 3 rings (SSSR count). The van der Waals surface area contributed by atoms with Crippen molar-refractivity contribution in [2.75, 3.05) is 5.32 Å². The summed E-state index contributed by atoms with van der Waals surface area (Å²) in [7, 11) is 1.91. The van der Waals surface area contributed by atoms with Crippen molar-refractivity contribution in [1.29, 1.82) is 0 Å². The minimum Gasteiger partial charge on any atom is -0.355 e. The first-order valence-electron chi connectivity index (χ1n) is 8.54. The number of rotatable bonds is 5. The number of nitrogens with zero attached hydrogens (tertiary/aromatic N) is 3. The molecule has 3 aromatic rings. The molecule has 0 bridgehead atoms. The summed E-state index contributed by atoms with van der Waals surface area (Å²) in [6.07, 6.45) is 3.44. The first-order valence-corrected chi connectivity index (χ1v) is 8.54. The number of nitrogens with one attached hydrogen (secondary N) is 2. The van der Waals surface area contributed by atoms with Crippen molar-refractivity contribution in [2.45, 2.75) is 26.8 Å². The predicted molar refractivity (Wildman–Crippen MR) is 103 cm³/mol. The van der Waals surface area contributed by atoms with Crippen LogP contribution in [0.25, 0.3) is 0 Å². The number of hydrogen-bond acceptors (Lipinski definition) is 4. The highest BCUT2D eigenvalue weighted by Gasteiger charge is 2.18. The molecule has 2 heterocycles. The quantitative estimate of drug-likeness (QED) is 0.737. The standard InChI is InChI=1S/C20H23N5O/c1-13(19-14(2)24-25(4)15(19)3)22-20(26)16-6-5-7-18(12-16)23-17-8-10-21-11-9-17/h5-13H,1-4H3,(H,21,23)(H,22,26)/t13-/m0/s1. The fraction of sp³-hybridized carbons (Fsp3) is 0.250. The molecule has 0 aliphatic rings. The highest BCUT2D eigenvalue weighted by molar-refractivity contribution is 5.95. The van der Waals surface area contributed by atoms with Crippen molar-refractivity contribution in [3.05, 3.63) is 71.3 Å². The van der Waals surface area contributed by atoms with E-state index in [0.29, 0.717) is 5.56 Å². The predicted octanol–water partition coefficient (Wildman–Crippen LogP) is 3.67. The van der Waals surface area contributed by atoms with Crippen LogP contribution in [0.1, 0.15) is 40.3 Å². The highest BCUT2D eigenvalue weighted by Crippen LogP contribution is 2.22. The van der Waals surface area contributed by atoms with Crippen LogP contribution in [0, 0.1) is 13.8 Å². The molecule has 2 N–H and O–H groups in total. The van der Waals surface area contributed by atoms with E-state index in [1.54, 1.807) is 12.4 Å². The Bertz CT molecular complexity index is 917. The first-order chi connectivity index (χ1) is 12.5. The van der Waals surface area contributed by atoms with E-state index in [9.17, 15) is 4.79 Å². The molecule has 0 saturated carbocycles. The largest absolute Gasteiger partial charge is 0.355 e. The summed E-state index contributed by atoms with van der Waals surface area (Å²) in [6.45, 7) is 5.95. The van der Waals surface area contributed by atoms with Crippen LogP contribution >= 0.6 is 0 Å². The van der Waals surface area contributed by atoms with Gasteiger partial charge in [-0.2, -0.15) is 5.10 Å². The minimum atomic E-state index is -0.118. The molecule has 1 atom stereocenters. The second-order valence-electron chi connectivity index (χ2n) is 6.34. The van der Waals surface area contributed by atoms with Crippen LogP contribution in [-0.4, -0.2) is 20.7 Å². The summed E-state index contributed by atoms with van der Waals surface area (Å²) in [5.74, 6) is -0.112. The van der Waals surface area contributed by atoms with Crippen molar-refractivity contribution in [1.82, 2.24) is 20.1 Å². The molecule has 0 unspecified atom stereocenters. The van der Waals surface area contributed by atoms with Crippen molar-refractivity contribution >= 4 is 17.3 Å². The molecular weight excluding hydrogens is 326 g/mol. The van der Waals surface area contributed by atoms with Crippen LogP contribution in [-0.2, 0) is 7.05 Å². The Balaban J connectivity index is 1.74. The van der Waals surface area contributed by atoms with E-state index in [1.165, 1.54) is 0 Å². The Morgan fingerprint density at radius 1 is 1.12 bits per heavy atom. The third-order valence-corrected chi connectivity index (χ3v) is 4.44. The maximum absolute atomic E-state index is 12.7. The monoisotopic (exact) mass is 349 g/mol. The van der Waals surface area contributed by atoms with E-state index < -0.39 is 0 Å². The number of anilines is 2. The van der Waals surface area contributed by atoms with Crippen molar-refractivity contribution in [2.24, 2.45) is 7.05 Å². The van der Waals surface area contributed by atoms with E-state index in [2.05, 4.69) is 20.7 Å². The molecule has 6 nitrogen and oxygen atoms in total. The third-order valence-electron chi connectivity index (χ3n) is 4.44. The average Bonchev–Trinajstić information content (AvgIpc) is 2.88. The van der Waals surface area contributed by atoms with Crippen LogP contribution in [0.2, 0.25) is 0 Å². The fourth-order valence-corrected chi connectivity index (χ4v) is 3.11. The zero-order valence-electron chi connectivity index (χ0n) is 15.4. The van der Waals surface area contributed by atoms with E-state index >= 15 is 0 Å². The zero-order chi connectivity index (χ0) is 18.7. The van der Waals surface area contributed by atoms with Crippen LogP contribution < -0.4 is 10.6 Å². The fourth-order valence-electron chi connectivity index (χ4n) is 3.11. The second kappa shape index (κ2) is 7.39. The number of hydrogen-bond donors (Lipinski definition) is 2. The number of amides is 1. The maximum Gasteiger partial charge on any atom is 0.251 e. The third kappa shape index (κ3) is 3.74. The number of benzene rings is 1. The van der Waals surface area contributed by atoms with Crippen molar-refractivity contribution < 1.29 is 4.79 Å². The van der Waals surface area contributed by atoms with Gasteiger partial charge < -0.3 is 10.6 Å². The summed E-state index contributed by atoms with van der Waals surface area (Å²) in [5, 5.41) is 10.8. The van der Waals surface area contributed by atoms with Gasteiger partial charge in [0.05, 0.1) is 11.7 Å². The number of pyridine rings is 1. The molecule has 0 spiro atoms. The van der Waals surface area contributed by atoms with Crippen molar-refractivity contribution in [3.8, 4) is 0 Å². The SMILES string of the molecule is Cc1nn(C)c(C)c1[C@H](C)NC(=O)c1cccc(Nc2ccncc2)c1. The highest BCUT2D eigenvalue weighted by atomic mass is 16.1. The summed E-state index contributed by atoms with van der Waals surface area (Å²) in [5.41, 5.74) is 5.44. The van der Waals surface area contributed by atoms with Gasteiger partial charge in [-0.1, -0.05) is 6.07 Å². The van der Waals surface area contributed by atoms with Crippen LogP contribution in [0.15, 0.2) is 48.8 Å². The Morgan fingerprint density at radius 3 is 2.50 bits per heavy atom. The van der Waals surface area contributed by atoms with Gasteiger partial charge in [0.15, 0.2) is 0 Å². The van der Waals surface area contributed by atoms with Gasteiger partial charge in [-0.25, -0.2) is 0 Å². The van der Waals surface area contributed by atoms with Crippen LogP contribution in [0.4, 0.5) is 11.4 Å². The lowest BCUT2D eigenvalue weighted by Crippen LogP contribution is -2.27. The first kappa shape index (κ1) is 17.7. The summed E-state index contributed by atoms with van der Waals surface area (Å²) in [6, 6.07) is 11.1. The summed E-state index contributed by atoms with van der Waals surface area (Å²) < 4.78 is 1.84. The maximum atomic E-state index is 12.7. The lowest BCUT2D eigenvalue weighted by atomic mass is 10.1. The zero-order valence-corrected chi connectivity index (χ0v) is 15.4. The molecule has 134 valence electrons. The molecule has 26 heavy (non-hydrogen) atoms. The van der Waals surface area contributed by atoms with Gasteiger partial charge in [-0.15, -0.1) is 0 Å². The van der Waals surface area contributed by atoms with E-state index in [-0.39, 0.29) is 11.9 Å². The molecule has 0 radical (unpaired) electrons.